The summed E-state index contributed by atoms with van der Waals surface area (Å²) >= 11 is 0. The van der Waals surface area contributed by atoms with Crippen molar-refractivity contribution in [2.24, 2.45) is 0 Å². The maximum absolute atomic E-state index is 12.7. The van der Waals surface area contributed by atoms with Crippen LogP contribution >= 0.6 is 0 Å². The summed E-state index contributed by atoms with van der Waals surface area (Å²) in [6, 6.07) is 16.3. The second kappa shape index (κ2) is 8.38. The number of carbonyl (C=O) groups is 2. The van der Waals surface area contributed by atoms with Gasteiger partial charge in [-0.05, 0) is 30.5 Å². The fourth-order valence-corrected chi connectivity index (χ4v) is 3.12. The molecule has 136 valence electrons. The van der Waals surface area contributed by atoms with E-state index in [9.17, 15) is 9.59 Å². The number of rotatable bonds is 5. The molecule has 0 aliphatic carbocycles. The fourth-order valence-electron chi connectivity index (χ4n) is 3.12. The number of ether oxygens (including phenoxy) is 1. The standard InChI is InChI=1S/C20H23N3O3/c1-26-18-12-6-5-10-16(18)22-19(24)17-11-7-13-23(17)20(25)21-14-15-8-3-2-4-9-15/h2-6,8-10,12,17H,7,11,13-14H2,1H3,(H,21,25)(H,22,24)/t17-/m1/s1. The zero-order chi connectivity index (χ0) is 18.4. The SMILES string of the molecule is COc1ccccc1NC(=O)[C@H]1CCCN1C(=O)NCc1ccccc1. The summed E-state index contributed by atoms with van der Waals surface area (Å²) in [4.78, 5) is 26.8. The first kappa shape index (κ1) is 17.8. The molecule has 6 heteroatoms. The lowest BCUT2D eigenvalue weighted by Crippen LogP contribution is -2.47. The molecule has 0 spiro atoms. The normalized spacial score (nSPS) is 16.2. The van der Waals surface area contributed by atoms with Gasteiger partial charge < -0.3 is 20.3 Å². The summed E-state index contributed by atoms with van der Waals surface area (Å²) in [5, 5.41) is 5.77. The Kier molecular flexibility index (Phi) is 5.73. The molecule has 2 N–H and O–H groups in total. The molecule has 1 atom stereocenters. The van der Waals surface area contributed by atoms with Gasteiger partial charge in [0, 0.05) is 13.1 Å². The molecule has 0 aromatic heterocycles. The number of benzene rings is 2. The van der Waals surface area contributed by atoms with Crippen molar-refractivity contribution in [3.05, 3.63) is 60.2 Å². The molecule has 1 aliphatic rings. The van der Waals surface area contributed by atoms with Crippen LogP contribution in [0.2, 0.25) is 0 Å². The van der Waals surface area contributed by atoms with Gasteiger partial charge in [-0.15, -0.1) is 0 Å². The summed E-state index contributed by atoms with van der Waals surface area (Å²) in [6.45, 7) is 1.02. The minimum absolute atomic E-state index is 0.193. The summed E-state index contributed by atoms with van der Waals surface area (Å²) in [6.07, 6.45) is 1.46. The Balaban J connectivity index is 1.61. The van der Waals surface area contributed by atoms with Gasteiger partial charge in [0.15, 0.2) is 0 Å². The minimum atomic E-state index is -0.476. The Morgan fingerprint density at radius 3 is 2.62 bits per heavy atom. The van der Waals surface area contributed by atoms with E-state index in [1.165, 1.54) is 0 Å². The smallest absolute Gasteiger partial charge is 0.318 e. The highest BCUT2D eigenvalue weighted by Crippen LogP contribution is 2.25. The van der Waals surface area contributed by atoms with E-state index in [1.54, 1.807) is 24.1 Å². The number of nitrogens with zero attached hydrogens (tertiary/aromatic N) is 1. The van der Waals surface area contributed by atoms with Crippen molar-refractivity contribution in [3.63, 3.8) is 0 Å². The highest BCUT2D eigenvalue weighted by atomic mass is 16.5. The van der Waals surface area contributed by atoms with Crippen LogP contribution in [0.25, 0.3) is 0 Å². The van der Waals surface area contributed by atoms with Crippen molar-refractivity contribution in [1.29, 1.82) is 0 Å². The van der Waals surface area contributed by atoms with Crippen LogP contribution in [-0.2, 0) is 11.3 Å². The Morgan fingerprint density at radius 2 is 1.85 bits per heavy atom. The third-order valence-corrected chi connectivity index (χ3v) is 4.47. The Labute approximate surface area is 153 Å². The first-order valence-corrected chi connectivity index (χ1v) is 8.71. The van der Waals surface area contributed by atoms with E-state index in [-0.39, 0.29) is 11.9 Å². The number of hydrogen-bond donors (Lipinski definition) is 2. The highest BCUT2D eigenvalue weighted by molar-refractivity contribution is 5.98. The number of carbonyl (C=O) groups excluding carboxylic acids is 2. The van der Waals surface area contributed by atoms with Crippen molar-refractivity contribution in [2.45, 2.75) is 25.4 Å². The van der Waals surface area contributed by atoms with Crippen LogP contribution in [0, 0.1) is 0 Å². The summed E-state index contributed by atoms with van der Waals surface area (Å²) < 4.78 is 5.26. The molecule has 6 nitrogen and oxygen atoms in total. The van der Waals surface area contributed by atoms with E-state index in [0.29, 0.717) is 30.9 Å². The molecule has 1 heterocycles. The molecule has 1 fully saturated rings. The molecule has 3 amide bonds. The van der Waals surface area contributed by atoms with E-state index < -0.39 is 6.04 Å². The molecule has 0 radical (unpaired) electrons. The van der Waals surface area contributed by atoms with Crippen LogP contribution in [0.4, 0.5) is 10.5 Å². The highest BCUT2D eigenvalue weighted by Gasteiger charge is 2.34. The van der Waals surface area contributed by atoms with Crippen LogP contribution in [0.5, 0.6) is 5.75 Å². The molecule has 26 heavy (non-hydrogen) atoms. The number of amides is 3. The van der Waals surface area contributed by atoms with Crippen molar-refractivity contribution >= 4 is 17.6 Å². The maximum Gasteiger partial charge on any atom is 0.318 e. The summed E-state index contributed by atoms with van der Waals surface area (Å²) in [5.74, 6) is 0.404. The van der Waals surface area contributed by atoms with Gasteiger partial charge in [-0.2, -0.15) is 0 Å². The quantitative estimate of drug-likeness (QED) is 0.868. The van der Waals surface area contributed by atoms with Gasteiger partial charge in [-0.25, -0.2) is 4.79 Å². The third kappa shape index (κ3) is 4.14. The maximum atomic E-state index is 12.7. The van der Waals surface area contributed by atoms with E-state index in [0.717, 1.165) is 12.0 Å². The number of anilines is 1. The Hall–Kier alpha value is -3.02. The number of para-hydroxylation sites is 2. The average molecular weight is 353 g/mol. The van der Waals surface area contributed by atoms with Gasteiger partial charge in [0.1, 0.15) is 11.8 Å². The second-order valence-electron chi connectivity index (χ2n) is 6.19. The van der Waals surface area contributed by atoms with Crippen LogP contribution in [-0.4, -0.2) is 36.5 Å². The van der Waals surface area contributed by atoms with Crippen molar-refractivity contribution in [2.75, 3.05) is 19.0 Å². The zero-order valence-electron chi connectivity index (χ0n) is 14.8. The molecule has 0 saturated carbocycles. The van der Waals surface area contributed by atoms with E-state index >= 15 is 0 Å². The molecule has 2 aromatic carbocycles. The lowest BCUT2D eigenvalue weighted by atomic mass is 10.2. The number of methoxy groups -OCH3 is 1. The first-order chi connectivity index (χ1) is 12.7. The summed E-state index contributed by atoms with van der Waals surface area (Å²) in [7, 11) is 1.56. The van der Waals surface area contributed by atoms with Crippen LogP contribution < -0.4 is 15.4 Å². The average Bonchev–Trinajstić information content (AvgIpc) is 3.17. The molecular weight excluding hydrogens is 330 g/mol. The minimum Gasteiger partial charge on any atom is -0.495 e. The van der Waals surface area contributed by atoms with Gasteiger partial charge in [0.25, 0.3) is 0 Å². The van der Waals surface area contributed by atoms with Crippen molar-refractivity contribution in [1.82, 2.24) is 10.2 Å². The molecule has 2 aromatic rings. The molecule has 0 bridgehead atoms. The van der Waals surface area contributed by atoms with Crippen molar-refractivity contribution < 1.29 is 14.3 Å². The third-order valence-electron chi connectivity index (χ3n) is 4.47. The number of urea groups is 1. The molecule has 1 saturated heterocycles. The van der Waals surface area contributed by atoms with Gasteiger partial charge >= 0.3 is 6.03 Å². The first-order valence-electron chi connectivity index (χ1n) is 8.71. The fraction of sp³-hybridized carbons (Fsp3) is 0.300. The van der Waals surface area contributed by atoms with Gasteiger partial charge in [0.05, 0.1) is 12.8 Å². The topological polar surface area (TPSA) is 70.7 Å². The van der Waals surface area contributed by atoms with Gasteiger partial charge in [0.2, 0.25) is 5.91 Å². The van der Waals surface area contributed by atoms with E-state index in [1.807, 2.05) is 42.5 Å². The zero-order valence-corrected chi connectivity index (χ0v) is 14.8. The summed E-state index contributed by atoms with van der Waals surface area (Å²) in [5.41, 5.74) is 1.63. The predicted octanol–water partition coefficient (Wildman–Crippen LogP) is 3.01. The van der Waals surface area contributed by atoms with E-state index in [4.69, 9.17) is 4.74 Å². The van der Waals surface area contributed by atoms with Crippen LogP contribution in [0.1, 0.15) is 18.4 Å². The van der Waals surface area contributed by atoms with Crippen molar-refractivity contribution in [3.8, 4) is 5.75 Å². The lowest BCUT2D eigenvalue weighted by molar-refractivity contribution is -0.119. The van der Waals surface area contributed by atoms with Crippen LogP contribution in [0.15, 0.2) is 54.6 Å². The lowest BCUT2D eigenvalue weighted by Gasteiger charge is -2.24. The molecular formula is C20H23N3O3. The molecule has 0 unspecified atom stereocenters. The van der Waals surface area contributed by atoms with Gasteiger partial charge in [-0.1, -0.05) is 42.5 Å². The molecule has 3 rings (SSSR count). The largest absolute Gasteiger partial charge is 0.495 e. The number of likely N-dealkylation sites (tertiary alicyclic amines) is 1. The van der Waals surface area contributed by atoms with Crippen LogP contribution in [0.3, 0.4) is 0 Å². The Morgan fingerprint density at radius 1 is 1.12 bits per heavy atom. The van der Waals surface area contributed by atoms with E-state index in [2.05, 4.69) is 10.6 Å². The Bertz CT molecular complexity index is 764. The molecule has 1 aliphatic heterocycles. The van der Waals surface area contributed by atoms with Gasteiger partial charge in [-0.3, -0.25) is 4.79 Å². The monoisotopic (exact) mass is 353 g/mol. The second-order valence-corrected chi connectivity index (χ2v) is 6.19. The predicted molar refractivity (Wildman–Crippen MR) is 100 cm³/mol. The number of nitrogens with one attached hydrogen (secondary N) is 2. The number of hydrogen-bond acceptors (Lipinski definition) is 3.